The summed E-state index contributed by atoms with van der Waals surface area (Å²) >= 11 is 0. The van der Waals surface area contributed by atoms with Crippen LogP contribution in [0, 0.1) is 11.8 Å². The van der Waals surface area contributed by atoms with E-state index in [-0.39, 0.29) is 25.2 Å². The summed E-state index contributed by atoms with van der Waals surface area (Å²) in [6, 6.07) is -4.85. The zero-order chi connectivity index (χ0) is 26.6. The van der Waals surface area contributed by atoms with Crippen LogP contribution in [-0.2, 0) is 28.8 Å². The number of hydrogen-bond acceptors (Lipinski definition) is 7. The zero-order valence-electron chi connectivity index (χ0n) is 19.9. The molecule has 0 aliphatic carbocycles. The van der Waals surface area contributed by atoms with Gasteiger partial charge in [-0.2, -0.15) is 0 Å². The number of carboxylic acid groups (broad SMARTS) is 3. The molecule has 0 heterocycles. The molecule has 0 bridgehead atoms. The first-order valence-corrected chi connectivity index (χ1v) is 11.0. The van der Waals surface area contributed by atoms with Gasteiger partial charge in [-0.1, -0.05) is 34.1 Å². The second kappa shape index (κ2) is 14.8. The molecule has 0 aromatic heterocycles. The third-order valence-corrected chi connectivity index (χ3v) is 5.31. The number of aliphatic carboxylic acids is 3. The van der Waals surface area contributed by atoms with Crippen molar-refractivity contribution in [2.24, 2.45) is 17.6 Å². The molecule has 0 aliphatic rings. The van der Waals surface area contributed by atoms with Crippen LogP contribution in [0.2, 0.25) is 0 Å². The standard InChI is InChI=1S/C21H36N4O9/c1-5-11(4)17(25-18(30)12(22)6-8-14(26)27)20(32)24-16(10(2)3)19(31)23-13(21(33)34)7-9-15(28)29/h10-13,16-17H,5-9,22H2,1-4H3,(H,23,31)(H,24,32)(H,25,30)(H,26,27)(H,28,29)(H,33,34). The van der Waals surface area contributed by atoms with Crippen LogP contribution in [0.25, 0.3) is 0 Å². The summed E-state index contributed by atoms with van der Waals surface area (Å²) in [6.45, 7) is 6.73. The van der Waals surface area contributed by atoms with Gasteiger partial charge in [0, 0.05) is 12.8 Å². The van der Waals surface area contributed by atoms with Crippen LogP contribution < -0.4 is 21.7 Å². The summed E-state index contributed by atoms with van der Waals surface area (Å²) in [7, 11) is 0. The summed E-state index contributed by atoms with van der Waals surface area (Å²) in [6.07, 6.45) is -0.774. The summed E-state index contributed by atoms with van der Waals surface area (Å²) in [5, 5.41) is 34.1. The van der Waals surface area contributed by atoms with Gasteiger partial charge in [0.25, 0.3) is 0 Å². The van der Waals surface area contributed by atoms with Crippen molar-refractivity contribution in [3.8, 4) is 0 Å². The third kappa shape index (κ3) is 11.1. The number of nitrogens with one attached hydrogen (secondary N) is 3. The van der Waals surface area contributed by atoms with Crippen molar-refractivity contribution in [3.05, 3.63) is 0 Å². The molecule has 0 saturated carbocycles. The van der Waals surface area contributed by atoms with E-state index >= 15 is 0 Å². The van der Waals surface area contributed by atoms with Crippen molar-refractivity contribution >= 4 is 35.6 Å². The molecule has 8 N–H and O–H groups in total. The van der Waals surface area contributed by atoms with E-state index in [1.54, 1.807) is 27.7 Å². The minimum absolute atomic E-state index is 0.125. The smallest absolute Gasteiger partial charge is 0.326 e. The molecule has 0 rings (SSSR count). The molecule has 0 fully saturated rings. The van der Waals surface area contributed by atoms with Gasteiger partial charge in [0.1, 0.15) is 18.1 Å². The van der Waals surface area contributed by atoms with E-state index < -0.39 is 72.1 Å². The second-order valence-electron chi connectivity index (χ2n) is 8.47. The number of rotatable bonds is 16. The molecule has 0 saturated heterocycles. The van der Waals surface area contributed by atoms with E-state index in [4.69, 9.17) is 15.9 Å². The van der Waals surface area contributed by atoms with Gasteiger partial charge in [-0.15, -0.1) is 0 Å². The highest BCUT2D eigenvalue weighted by Gasteiger charge is 2.33. The van der Waals surface area contributed by atoms with Crippen LogP contribution in [0.4, 0.5) is 0 Å². The predicted octanol–water partition coefficient (Wildman–Crippen LogP) is -0.716. The normalized spacial score (nSPS) is 15.4. The van der Waals surface area contributed by atoms with Crippen molar-refractivity contribution in [1.29, 1.82) is 0 Å². The van der Waals surface area contributed by atoms with E-state index in [0.29, 0.717) is 6.42 Å². The molecule has 3 amide bonds. The van der Waals surface area contributed by atoms with Crippen LogP contribution in [0.1, 0.15) is 59.8 Å². The summed E-state index contributed by atoms with van der Waals surface area (Å²) in [5.41, 5.74) is 5.72. The second-order valence-corrected chi connectivity index (χ2v) is 8.47. The highest BCUT2D eigenvalue weighted by molar-refractivity contribution is 5.94. The largest absolute Gasteiger partial charge is 0.481 e. The van der Waals surface area contributed by atoms with E-state index in [9.17, 15) is 33.9 Å². The summed E-state index contributed by atoms with van der Waals surface area (Å²) in [5.74, 6) is -6.81. The van der Waals surface area contributed by atoms with Crippen LogP contribution >= 0.6 is 0 Å². The molecule has 13 nitrogen and oxygen atoms in total. The lowest BCUT2D eigenvalue weighted by Crippen LogP contribution is -2.59. The average Bonchev–Trinajstić information content (AvgIpc) is 2.74. The minimum atomic E-state index is -1.46. The van der Waals surface area contributed by atoms with E-state index in [1.807, 2.05) is 0 Å². The van der Waals surface area contributed by atoms with Crippen molar-refractivity contribution in [1.82, 2.24) is 16.0 Å². The molecule has 0 aliphatic heterocycles. The maximum Gasteiger partial charge on any atom is 0.326 e. The number of carbonyl (C=O) groups excluding carboxylic acids is 3. The highest BCUT2D eigenvalue weighted by Crippen LogP contribution is 2.11. The molecule has 5 unspecified atom stereocenters. The monoisotopic (exact) mass is 488 g/mol. The van der Waals surface area contributed by atoms with Crippen LogP contribution in [0.3, 0.4) is 0 Å². The highest BCUT2D eigenvalue weighted by atomic mass is 16.4. The van der Waals surface area contributed by atoms with Gasteiger partial charge < -0.3 is 37.0 Å². The number of carboxylic acids is 3. The first-order chi connectivity index (χ1) is 15.7. The minimum Gasteiger partial charge on any atom is -0.481 e. The van der Waals surface area contributed by atoms with Gasteiger partial charge in [0.15, 0.2) is 0 Å². The number of amides is 3. The molecule has 13 heteroatoms. The maximum absolute atomic E-state index is 13.0. The predicted molar refractivity (Wildman–Crippen MR) is 119 cm³/mol. The molecular formula is C21H36N4O9. The fourth-order valence-electron chi connectivity index (χ4n) is 2.94. The number of nitrogens with two attached hydrogens (primary N) is 1. The topological polar surface area (TPSA) is 225 Å². The Morgan fingerprint density at radius 2 is 1.21 bits per heavy atom. The molecule has 0 aromatic rings. The van der Waals surface area contributed by atoms with Crippen LogP contribution in [0.15, 0.2) is 0 Å². The fraction of sp³-hybridized carbons (Fsp3) is 0.714. The maximum atomic E-state index is 13.0. The Bertz CT molecular complexity index is 757. The zero-order valence-corrected chi connectivity index (χ0v) is 19.9. The SMILES string of the molecule is CCC(C)C(NC(=O)C(N)CCC(=O)O)C(=O)NC(C(=O)NC(CCC(=O)O)C(=O)O)C(C)C. The van der Waals surface area contributed by atoms with Crippen molar-refractivity contribution < 1.29 is 44.1 Å². The number of hydrogen-bond donors (Lipinski definition) is 7. The number of carbonyl (C=O) groups is 6. The molecular weight excluding hydrogens is 452 g/mol. The van der Waals surface area contributed by atoms with Gasteiger partial charge in [0.2, 0.25) is 17.7 Å². The Hall–Kier alpha value is -3.22. The molecule has 0 radical (unpaired) electrons. The first-order valence-electron chi connectivity index (χ1n) is 11.0. The third-order valence-electron chi connectivity index (χ3n) is 5.31. The van der Waals surface area contributed by atoms with Crippen LogP contribution in [-0.4, -0.2) is 75.1 Å². The first kappa shape index (κ1) is 30.8. The molecule has 0 aromatic carbocycles. The Labute approximate surface area is 197 Å². The van der Waals surface area contributed by atoms with Crippen LogP contribution in [0.5, 0.6) is 0 Å². The van der Waals surface area contributed by atoms with Gasteiger partial charge in [-0.05, 0) is 24.7 Å². The van der Waals surface area contributed by atoms with Gasteiger partial charge in [-0.25, -0.2) is 4.79 Å². The molecule has 34 heavy (non-hydrogen) atoms. The Kier molecular flexibility index (Phi) is 13.4. The van der Waals surface area contributed by atoms with E-state index in [2.05, 4.69) is 16.0 Å². The van der Waals surface area contributed by atoms with Gasteiger partial charge >= 0.3 is 17.9 Å². The van der Waals surface area contributed by atoms with Crippen molar-refractivity contribution in [2.75, 3.05) is 0 Å². The van der Waals surface area contributed by atoms with E-state index in [0.717, 1.165) is 0 Å². The van der Waals surface area contributed by atoms with E-state index in [1.165, 1.54) is 0 Å². The summed E-state index contributed by atoms with van der Waals surface area (Å²) in [4.78, 5) is 70.9. The molecule has 194 valence electrons. The fourth-order valence-corrected chi connectivity index (χ4v) is 2.94. The lowest BCUT2D eigenvalue weighted by molar-refractivity contribution is -0.144. The Balaban J connectivity index is 5.45. The lowest BCUT2D eigenvalue weighted by Gasteiger charge is -2.29. The lowest BCUT2D eigenvalue weighted by atomic mass is 9.95. The molecule has 5 atom stereocenters. The van der Waals surface area contributed by atoms with Crippen molar-refractivity contribution in [2.45, 2.75) is 84.0 Å². The average molecular weight is 489 g/mol. The van der Waals surface area contributed by atoms with Crippen molar-refractivity contribution in [3.63, 3.8) is 0 Å². The molecule has 0 spiro atoms. The van der Waals surface area contributed by atoms with Gasteiger partial charge in [0.05, 0.1) is 6.04 Å². The van der Waals surface area contributed by atoms with Gasteiger partial charge in [-0.3, -0.25) is 24.0 Å². The quantitative estimate of drug-likeness (QED) is 0.144. The Morgan fingerprint density at radius 1 is 0.735 bits per heavy atom. The summed E-state index contributed by atoms with van der Waals surface area (Å²) < 4.78 is 0. The Morgan fingerprint density at radius 3 is 1.65 bits per heavy atom.